The largest absolute Gasteiger partial charge is 0.451 e. The molecule has 0 spiro atoms. The monoisotopic (exact) mass is 415 g/mol. The number of fused-ring (bicyclic) bond motifs is 2. The molecule has 2 aromatic carbocycles. The fourth-order valence-electron chi connectivity index (χ4n) is 2.73. The van der Waals surface area contributed by atoms with Gasteiger partial charge in [-0.1, -0.05) is 15.9 Å². The summed E-state index contributed by atoms with van der Waals surface area (Å²) in [6.07, 6.45) is 0. The molecule has 1 N–H and O–H groups in total. The maximum atomic E-state index is 13.5. The van der Waals surface area contributed by atoms with Gasteiger partial charge in [-0.3, -0.25) is 4.79 Å². The predicted octanol–water partition coefficient (Wildman–Crippen LogP) is 4.37. The predicted molar refractivity (Wildman–Crippen MR) is 97.5 cm³/mol. The summed E-state index contributed by atoms with van der Waals surface area (Å²) in [5.41, 5.74) is 0.743. The quantitative estimate of drug-likeness (QED) is 0.504. The molecule has 0 aliphatic heterocycles. The van der Waals surface area contributed by atoms with E-state index >= 15 is 0 Å². The van der Waals surface area contributed by atoms with Gasteiger partial charge in [-0.25, -0.2) is 9.18 Å². The highest BCUT2D eigenvalue weighted by Gasteiger charge is 2.14. The number of amides is 1. The molecule has 0 aliphatic rings. The standard InChI is InChI=1S/C19H11BrFNO4/c20-12-1-3-15-10(5-12)6-17(25-15)19(24)22-9-11-7-18(23)26-16-4-2-13(21)8-14(11)16/h1-8H,9H2,(H,22,24). The summed E-state index contributed by atoms with van der Waals surface area (Å²) in [6, 6.07) is 12.1. The van der Waals surface area contributed by atoms with Crippen molar-refractivity contribution >= 4 is 43.8 Å². The van der Waals surface area contributed by atoms with Crippen LogP contribution in [0.3, 0.4) is 0 Å². The maximum Gasteiger partial charge on any atom is 0.336 e. The van der Waals surface area contributed by atoms with Crippen LogP contribution >= 0.6 is 15.9 Å². The van der Waals surface area contributed by atoms with Crippen molar-refractivity contribution in [2.24, 2.45) is 0 Å². The Bertz CT molecular complexity index is 1210. The number of hydrogen-bond donors (Lipinski definition) is 1. The molecule has 0 saturated carbocycles. The second kappa shape index (κ2) is 6.42. The van der Waals surface area contributed by atoms with E-state index in [1.165, 1.54) is 24.3 Å². The first-order valence-corrected chi connectivity index (χ1v) is 8.48. The van der Waals surface area contributed by atoms with Crippen LogP contribution in [0.4, 0.5) is 4.39 Å². The Labute approximate surface area is 154 Å². The van der Waals surface area contributed by atoms with E-state index in [9.17, 15) is 14.0 Å². The summed E-state index contributed by atoms with van der Waals surface area (Å²) in [5.74, 6) is -0.742. The minimum Gasteiger partial charge on any atom is -0.451 e. The van der Waals surface area contributed by atoms with Crippen molar-refractivity contribution in [2.75, 3.05) is 0 Å². The topological polar surface area (TPSA) is 72.5 Å². The van der Waals surface area contributed by atoms with Crippen molar-refractivity contribution in [3.63, 3.8) is 0 Å². The minimum absolute atomic E-state index is 0.0329. The number of carbonyl (C=O) groups excluding carboxylic acids is 1. The van der Waals surface area contributed by atoms with Gasteiger partial charge in [0, 0.05) is 27.9 Å². The van der Waals surface area contributed by atoms with E-state index in [4.69, 9.17) is 8.83 Å². The molecule has 2 aromatic heterocycles. The lowest BCUT2D eigenvalue weighted by atomic mass is 10.1. The van der Waals surface area contributed by atoms with Gasteiger partial charge >= 0.3 is 5.63 Å². The van der Waals surface area contributed by atoms with Gasteiger partial charge in [0.1, 0.15) is 17.0 Å². The van der Waals surface area contributed by atoms with E-state index < -0.39 is 17.3 Å². The highest BCUT2D eigenvalue weighted by atomic mass is 79.9. The van der Waals surface area contributed by atoms with Gasteiger partial charge in [0.2, 0.25) is 0 Å². The molecule has 4 aromatic rings. The van der Waals surface area contributed by atoms with Crippen LogP contribution in [-0.2, 0) is 6.54 Å². The van der Waals surface area contributed by atoms with Gasteiger partial charge in [-0.05, 0) is 48.0 Å². The fraction of sp³-hybridized carbons (Fsp3) is 0.0526. The third-order valence-electron chi connectivity index (χ3n) is 3.93. The van der Waals surface area contributed by atoms with Crippen molar-refractivity contribution in [1.82, 2.24) is 5.32 Å². The van der Waals surface area contributed by atoms with Crippen LogP contribution in [0.25, 0.3) is 21.9 Å². The Hall–Kier alpha value is -2.93. The van der Waals surface area contributed by atoms with Crippen LogP contribution in [0.1, 0.15) is 16.1 Å². The number of furan rings is 1. The second-order valence-corrected chi connectivity index (χ2v) is 6.62. The Balaban J connectivity index is 1.62. The van der Waals surface area contributed by atoms with Crippen molar-refractivity contribution in [1.29, 1.82) is 0 Å². The molecule has 0 saturated heterocycles. The van der Waals surface area contributed by atoms with Crippen LogP contribution in [0.2, 0.25) is 0 Å². The van der Waals surface area contributed by atoms with Gasteiger partial charge in [0.05, 0.1) is 0 Å². The van der Waals surface area contributed by atoms with E-state index in [0.29, 0.717) is 16.5 Å². The number of halogens is 2. The Morgan fingerprint density at radius 1 is 1.04 bits per heavy atom. The molecule has 2 heterocycles. The van der Waals surface area contributed by atoms with E-state index in [2.05, 4.69) is 21.2 Å². The Morgan fingerprint density at radius 2 is 1.85 bits per heavy atom. The summed E-state index contributed by atoms with van der Waals surface area (Å²) >= 11 is 3.36. The highest BCUT2D eigenvalue weighted by Crippen LogP contribution is 2.23. The van der Waals surface area contributed by atoms with Crippen LogP contribution in [0, 0.1) is 5.82 Å². The van der Waals surface area contributed by atoms with Crippen molar-refractivity contribution in [3.05, 3.63) is 80.6 Å². The molecule has 0 atom stereocenters. The number of benzene rings is 2. The van der Waals surface area contributed by atoms with Crippen LogP contribution in [-0.4, -0.2) is 5.91 Å². The summed E-state index contributed by atoms with van der Waals surface area (Å²) in [7, 11) is 0. The third kappa shape index (κ3) is 3.13. The van der Waals surface area contributed by atoms with Gasteiger partial charge in [0.25, 0.3) is 5.91 Å². The number of nitrogens with one attached hydrogen (secondary N) is 1. The molecule has 4 rings (SSSR count). The zero-order valence-electron chi connectivity index (χ0n) is 13.2. The molecule has 130 valence electrons. The van der Waals surface area contributed by atoms with Crippen LogP contribution in [0.15, 0.2) is 66.6 Å². The minimum atomic E-state index is -0.568. The lowest BCUT2D eigenvalue weighted by molar-refractivity contribution is 0.0925. The van der Waals surface area contributed by atoms with Gasteiger partial charge in [0.15, 0.2) is 5.76 Å². The summed E-state index contributed by atoms with van der Waals surface area (Å²) in [4.78, 5) is 24.0. The number of hydrogen-bond acceptors (Lipinski definition) is 4. The molecule has 0 fully saturated rings. The van der Waals surface area contributed by atoms with Crippen molar-refractivity contribution in [3.8, 4) is 0 Å². The van der Waals surface area contributed by atoms with Crippen LogP contribution in [0.5, 0.6) is 0 Å². The molecule has 0 aliphatic carbocycles. The first-order valence-electron chi connectivity index (χ1n) is 7.69. The maximum absolute atomic E-state index is 13.5. The fourth-order valence-corrected chi connectivity index (χ4v) is 3.11. The summed E-state index contributed by atoms with van der Waals surface area (Å²) in [6.45, 7) is 0.0329. The summed E-state index contributed by atoms with van der Waals surface area (Å²) < 4.78 is 25.0. The highest BCUT2D eigenvalue weighted by molar-refractivity contribution is 9.10. The van der Waals surface area contributed by atoms with Crippen molar-refractivity contribution < 1.29 is 18.0 Å². The van der Waals surface area contributed by atoms with E-state index in [0.717, 1.165) is 9.86 Å². The first kappa shape index (κ1) is 16.5. The summed E-state index contributed by atoms with van der Waals surface area (Å²) in [5, 5.41) is 3.90. The van der Waals surface area contributed by atoms with Gasteiger partial charge in [-0.2, -0.15) is 0 Å². The average Bonchev–Trinajstić information content (AvgIpc) is 3.03. The lowest BCUT2D eigenvalue weighted by Gasteiger charge is -2.06. The first-order chi connectivity index (χ1) is 12.5. The van der Waals surface area contributed by atoms with E-state index in [1.54, 1.807) is 12.1 Å². The lowest BCUT2D eigenvalue weighted by Crippen LogP contribution is -2.23. The molecule has 5 nitrogen and oxygen atoms in total. The molecule has 26 heavy (non-hydrogen) atoms. The third-order valence-corrected chi connectivity index (χ3v) is 4.42. The number of rotatable bonds is 3. The Morgan fingerprint density at radius 3 is 2.69 bits per heavy atom. The zero-order chi connectivity index (χ0) is 18.3. The molecular weight excluding hydrogens is 405 g/mol. The van der Waals surface area contributed by atoms with E-state index in [1.807, 2.05) is 12.1 Å². The van der Waals surface area contributed by atoms with Crippen LogP contribution < -0.4 is 10.9 Å². The van der Waals surface area contributed by atoms with Gasteiger partial charge in [-0.15, -0.1) is 0 Å². The smallest absolute Gasteiger partial charge is 0.336 e. The average molecular weight is 416 g/mol. The molecule has 0 radical (unpaired) electrons. The van der Waals surface area contributed by atoms with Gasteiger partial charge < -0.3 is 14.2 Å². The SMILES string of the molecule is O=C(NCc1cc(=O)oc2ccc(F)cc12)c1cc2cc(Br)ccc2o1. The van der Waals surface area contributed by atoms with E-state index in [-0.39, 0.29) is 17.9 Å². The molecular formula is C19H11BrFNO4. The zero-order valence-corrected chi connectivity index (χ0v) is 14.8. The second-order valence-electron chi connectivity index (χ2n) is 5.71. The molecule has 0 unspecified atom stereocenters. The number of carbonyl (C=O) groups is 1. The molecule has 7 heteroatoms. The molecule has 0 bridgehead atoms. The molecule has 1 amide bonds. The Kier molecular flexibility index (Phi) is 4.08. The normalized spacial score (nSPS) is 11.2. The van der Waals surface area contributed by atoms with Crippen molar-refractivity contribution in [2.45, 2.75) is 6.54 Å².